The van der Waals surface area contributed by atoms with Gasteiger partial charge in [0.2, 0.25) is 5.91 Å². The number of rotatable bonds is 5. The third-order valence-electron chi connectivity index (χ3n) is 8.20. The molecule has 40 heavy (non-hydrogen) atoms. The highest BCUT2D eigenvalue weighted by molar-refractivity contribution is 6.03. The maximum Gasteiger partial charge on any atom is 0.255 e. The molecular formula is C34H30N4O2. The van der Waals surface area contributed by atoms with E-state index in [1.165, 1.54) is 5.69 Å². The number of nitrogens with zero attached hydrogens (tertiary/aromatic N) is 3. The number of nitrogens with one attached hydrogen (secondary N) is 1. The minimum absolute atomic E-state index is 0.0139. The summed E-state index contributed by atoms with van der Waals surface area (Å²) in [5, 5.41) is 1.06. The summed E-state index contributed by atoms with van der Waals surface area (Å²) in [6, 6.07) is 36.1. The van der Waals surface area contributed by atoms with Crippen molar-refractivity contribution in [2.75, 3.05) is 37.6 Å². The van der Waals surface area contributed by atoms with Crippen molar-refractivity contribution in [2.45, 2.75) is 6.04 Å². The van der Waals surface area contributed by atoms with E-state index in [9.17, 15) is 9.59 Å². The van der Waals surface area contributed by atoms with Gasteiger partial charge in [0.15, 0.2) is 0 Å². The van der Waals surface area contributed by atoms with E-state index in [4.69, 9.17) is 0 Å². The Morgan fingerprint density at radius 1 is 0.750 bits per heavy atom. The van der Waals surface area contributed by atoms with Crippen LogP contribution < -0.4 is 4.90 Å². The average molecular weight is 527 g/mol. The first-order chi connectivity index (χ1) is 19.7. The first-order valence-electron chi connectivity index (χ1n) is 13.8. The first kappa shape index (κ1) is 24.2. The summed E-state index contributed by atoms with van der Waals surface area (Å²) in [7, 11) is 0. The maximum absolute atomic E-state index is 13.9. The summed E-state index contributed by atoms with van der Waals surface area (Å²) in [5.41, 5.74) is 6.85. The lowest BCUT2D eigenvalue weighted by Gasteiger charge is -2.37. The van der Waals surface area contributed by atoms with Crippen molar-refractivity contribution in [3.8, 4) is 11.3 Å². The number of carbonyl (C=O) groups excluding carboxylic acids is 2. The summed E-state index contributed by atoms with van der Waals surface area (Å²) in [5.74, 6) is -0.110. The topological polar surface area (TPSA) is 59.7 Å². The van der Waals surface area contributed by atoms with Crippen LogP contribution in [0.2, 0.25) is 0 Å². The zero-order valence-corrected chi connectivity index (χ0v) is 22.2. The minimum atomic E-state index is -0.371. The molecule has 4 aromatic carbocycles. The summed E-state index contributed by atoms with van der Waals surface area (Å²) >= 11 is 0. The van der Waals surface area contributed by atoms with Gasteiger partial charge >= 0.3 is 0 Å². The third kappa shape index (κ3) is 4.13. The van der Waals surface area contributed by atoms with Crippen LogP contribution >= 0.6 is 0 Å². The highest BCUT2D eigenvalue weighted by Gasteiger charge is 2.41. The number of hydrogen-bond acceptors (Lipinski definition) is 3. The van der Waals surface area contributed by atoms with Gasteiger partial charge in [-0.1, -0.05) is 84.9 Å². The third-order valence-corrected chi connectivity index (χ3v) is 8.20. The Bertz CT molecular complexity index is 1690. The number of amides is 2. The molecule has 1 aromatic heterocycles. The molecule has 0 bridgehead atoms. The van der Waals surface area contributed by atoms with Gasteiger partial charge in [0, 0.05) is 53.9 Å². The molecule has 198 valence electrons. The summed E-state index contributed by atoms with van der Waals surface area (Å²) in [6.45, 7) is 2.85. The molecule has 7 rings (SSSR count). The Morgan fingerprint density at radius 3 is 2.17 bits per heavy atom. The molecule has 0 radical (unpaired) electrons. The van der Waals surface area contributed by atoms with Crippen molar-refractivity contribution in [1.29, 1.82) is 0 Å². The molecule has 2 amide bonds. The molecule has 1 N–H and O–H groups in total. The van der Waals surface area contributed by atoms with Gasteiger partial charge in [-0.15, -0.1) is 0 Å². The zero-order chi connectivity index (χ0) is 27.1. The molecule has 1 saturated heterocycles. The fourth-order valence-corrected chi connectivity index (χ4v) is 6.22. The minimum Gasteiger partial charge on any atom is -0.368 e. The Kier molecular flexibility index (Phi) is 6.08. The normalized spacial score (nSPS) is 16.9. The molecule has 5 aromatic rings. The highest BCUT2D eigenvalue weighted by Crippen LogP contribution is 2.45. The van der Waals surface area contributed by atoms with Crippen LogP contribution in [0.3, 0.4) is 0 Å². The molecule has 2 aliphatic rings. The number of anilines is 1. The molecule has 0 unspecified atom stereocenters. The summed E-state index contributed by atoms with van der Waals surface area (Å²) in [6.07, 6.45) is 0. The highest BCUT2D eigenvalue weighted by atomic mass is 16.2. The lowest BCUT2D eigenvalue weighted by atomic mass is 9.93. The van der Waals surface area contributed by atoms with Crippen molar-refractivity contribution in [2.24, 2.45) is 0 Å². The quantitative estimate of drug-likeness (QED) is 0.318. The van der Waals surface area contributed by atoms with E-state index in [0.29, 0.717) is 18.7 Å². The van der Waals surface area contributed by atoms with Crippen LogP contribution in [0.25, 0.3) is 22.2 Å². The number of hydrogen-bond donors (Lipinski definition) is 1. The van der Waals surface area contributed by atoms with E-state index in [-0.39, 0.29) is 24.4 Å². The fraction of sp³-hybridized carbons (Fsp3) is 0.176. The van der Waals surface area contributed by atoms with Crippen molar-refractivity contribution in [3.05, 3.63) is 126 Å². The molecule has 6 nitrogen and oxygen atoms in total. The number of carbonyl (C=O) groups is 2. The predicted molar refractivity (Wildman–Crippen MR) is 158 cm³/mol. The van der Waals surface area contributed by atoms with E-state index in [0.717, 1.165) is 46.4 Å². The molecule has 1 fully saturated rings. The lowest BCUT2D eigenvalue weighted by Crippen LogP contribution is -2.51. The van der Waals surface area contributed by atoms with E-state index < -0.39 is 0 Å². The number of aromatic amines is 1. The van der Waals surface area contributed by atoms with Crippen LogP contribution in [0, 0.1) is 0 Å². The summed E-state index contributed by atoms with van der Waals surface area (Å²) in [4.78, 5) is 37.2. The molecule has 0 saturated carbocycles. The molecule has 0 aliphatic carbocycles. The van der Waals surface area contributed by atoms with Crippen LogP contribution in [0.4, 0.5) is 5.69 Å². The van der Waals surface area contributed by atoms with Crippen LogP contribution in [0.1, 0.15) is 27.5 Å². The Morgan fingerprint density at radius 2 is 1.40 bits per heavy atom. The fourth-order valence-electron chi connectivity index (χ4n) is 6.22. The number of aromatic nitrogens is 1. The van der Waals surface area contributed by atoms with Gasteiger partial charge in [-0.3, -0.25) is 9.59 Å². The Balaban J connectivity index is 1.24. The number of benzene rings is 4. The van der Waals surface area contributed by atoms with Gasteiger partial charge in [-0.2, -0.15) is 0 Å². The van der Waals surface area contributed by atoms with E-state index in [1.807, 2.05) is 77.7 Å². The van der Waals surface area contributed by atoms with Gasteiger partial charge < -0.3 is 19.7 Å². The van der Waals surface area contributed by atoms with Crippen LogP contribution in [0.5, 0.6) is 0 Å². The molecule has 0 spiro atoms. The van der Waals surface area contributed by atoms with Crippen molar-refractivity contribution >= 4 is 28.4 Å². The SMILES string of the molecule is O=C(CN1C(=O)c2ccccc2[C@@H]1c1c(-c2ccccc2)[nH]c2ccccc12)N1CCN(c2ccccc2)CC1. The molecule has 6 heteroatoms. The Labute approximate surface area is 233 Å². The van der Waals surface area contributed by atoms with Crippen LogP contribution in [-0.2, 0) is 4.79 Å². The smallest absolute Gasteiger partial charge is 0.255 e. The van der Waals surface area contributed by atoms with Crippen LogP contribution in [-0.4, -0.2) is 59.3 Å². The van der Waals surface area contributed by atoms with Crippen molar-refractivity contribution in [3.63, 3.8) is 0 Å². The molecule has 3 heterocycles. The number of para-hydroxylation sites is 2. The largest absolute Gasteiger partial charge is 0.368 e. The van der Waals surface area contributed by atoms with Crippen molar-refractivity contribution < 1.29 is 9.59 Å². The Hall–Kier alpha value is -4.84. The first-order valence-corrected chi connectivity index (χ1v) is 13.8. The number of fused-ring (bicyclic) bond motifs is 2. The lowest BCUT2D eigenvalue weighted by molar-refractivity contribution is -0.132. The van der Waals surface area contributed by atoms with Gasteiger partial charge in [0.05, 0.1) is 11.7 Å². The second-order valence-electron chi connectivity index (χ2n) is 10.5. The monoisotopic (exact) mass is 526 g/mol. The number of H-pyrrole nitrogens is 1. The van der Waals surface area contributed by atoms with E-state index in [1.54, 1.807) is 4.90 Å². The van der Waals surface area contributed by atoms with Gasteiger partial charge in [0.1, 0.15) is 6.54 Å². The maximum atomic E-state index is 13.9. The van der Waals surface area contributed by atoms with Gasteiger partial charge in [-0.25, -0.2) is 0 Å². The zero-order valence-electron chi connectivity index (χ0n) is 22.2. The molecule has 1 atom stereocenters. The standard InChI is InChI=1S/C34H30N4O2/c39-30(37-21-19-36(20-22-37)25-13-5-2-6-14-25)23-38-33(26-15-7-8-16-27(26)34(38)40)31-28-17-9-10-18-29(28)35-32(31)24-11-3-1-4-12-24/h1-18,33,35H,19-23H2/t33-/m1/s1. The molecule has 2 aliphatic heterocycles. The molecular weight excluding hydrogens is 496 g/mol. The predicted octanol–water partition coefficient (Wildman–Crippen LogP) is 5.73. The summed E-state index contributed by atoms with van der Waals surface area (Å²) < 4.78 is 0. The van der Waals surface area contributed by atoms with Gasteiger partial charge in [-0.05, 0) is 35.4 Å². The second-order valence-corrected chi connectivity index (χ2v) is 10.5. The van der Waals surface area contributed by atoms with E-state index >= 15 is 0 Å². The van der Waals surface area contributed by atoms with Crippen molar-refractivity contribution in [1.82, 2.24) is 14.8 Å². The van der Waals surface area contributed by atoms with E-state index in [2.05, 4.69) is 46.3 Å². The van der Waals surface area contributed by atoms with Gasteiger partial charge in [0.25, 0.3) is 5.91 Å². The second kappa shape index (κ2) is 10.0. The average Bonchev–Trinajstić information content (AvgIpc) is 3.53. The van der Waals surface area contributed by atoms with Crippen LogP contribution in [0.15, 0.2) is 109 Å². The number of piperazine rings is 1.